The van der Waals surface area contributed by atoms with Crippen LogP contribution in [0.5, 0.6) is 0 Å². The number of aromatic nitrogens is 1. The monoisotopic (exact) mass is 405 g/mol. The molecule has 8 heteroatoms. The minimum Gasteiger partial charge on any atom is -0.326 e. The summed E-state index contributed by atoms with van der Waals surface area (Å²) in [6.45, 7) is 1.42. The van der Waals surface area contributed by atoms with Crippen LogP contribution in [0.15, 0.2) is 47.8 Å². The van der Waals surface area contributed by atoms with Crippen LogP contribution in [-0.4, -0.2) is 16.8 Å². The van der Waals surface area contributed by atoms with Crippen LogP contribution in [-0.2, 0) is 4.79 Å². The first-order chi connectivity index (χ1) is 12.4. The van der Waals surface area contributed by atoms with E-state index in [4.69, 9.17) is 23.2 Å². The van der Waals surface area contributed by atoms with Crippen LogP contribution < -0.4 is 10.6 Å². The lowest BCUT2D eigenvalue weighted by molar-refractivity contribution is -0.114. The largest absolute Gasteiger partial charge is 0.326 e. The fourth-order valence-electron chi connectivity index (χ4n) is 2.23. The molecule has 0 unspecified atom stereocenters. The molecule has 3 rings (SSSR count). The molecule has 132 valence electrons. The lowest BCUT2D eigenvalue weighted by Gasteiger charge is -2.05. The number of nitrogens with zero attached hydrogens (tertiary/aromatic N) is 1. The zero-order valence-electron chi connectivity index (χ0n) is 13.5. The Hall–Kier alpha value is -2.41. The van der Waals surface area contributed by atoms with Gasteiger partial charge in [-0.05, 0) is 42.5 Å². The average Bonchev–Trinajstić information content (AvgIpc) is 3.03. The molecular weight excluding hydrogens is 393 g/mol. The van der Waals surface area contributed by atoms with E-state index in [0.29, 0.717) is 32.1 Å². The molecule has 0 spiro atoms. The van der Waals surface area contributed by atoms with Gasteiger partial charge in [-0.25, -0.2) is 4.98 Å². The molecule has 0 atom stereocenters. The molecule has 1 heterocycles. The van der Waals surface area contributed by atoms with Gasteiger partial charge in [0.1, 0.15) is 0 Å². The number of rotatable bonds is 4. The summed E-state index contributed by atoms with van der Waals surface area (Å²) >= 11 is 13.4. The Balaban J connectivity index is 1.72. The van der Waals surface area contributed by atoms with Crippen molar-refractivity contribution >= 4 is 57.2 Å². The summed E-state index contributed by atoms with van der Waals surface area (Å²) in [5.74, 6) is -0.458. The Morgan fingerprint density at radius 2 is 1.77 bits per heavy atom. The van der Waals surface area contributed by atoms with Crippen molar-refractivity contribution in [2.45, 2.75) is 6.92 Å². The molecule has 0 radical (unpaired) electrons. The standard InChI is InChI=1S/C18H13Cl2N3O2S/c1-10(24)21-13-5-2-11(3-6-13)17(25)23-18-22-16(9-26-18)14-7-4-12(19)8-15(14)20/h2-9H,1H3,(H,21,24)(H,22,23,25). The summed E-state index contributed by atoms with van der Waals surface area (Å²) in [5.41, 5.74) is 2.49. The van der Waals surface area contributed by atoms with E-state index in [1.54, 1.807) is 42.5 Å². The summed E-state index contributed by atoms with van der Waals surface area (Å²) < 4.78 is 0. The van der Waals surface area contributed by atoms with E-state index < -0.39 is 0 Å². The number of thiazole rings is 1. The highest BCUT2D eigenvalue weighted by molar-refractivity contribution is 7.14. The Kier molecular flexibility index (Phi) is 5.56. The molecule has 2 aromatic carbocycles. The van der Waals surface area contributed by atoms with Crippen LogP contribution in [0.3, 0.4) is 0 Å². The van der Waals surface area contributed by atoms with Crippen LogP contribution >= 0.6 is 34.5 Å². The van der Waals surface area contributed by atoms with Gasteiger partial charge in [-0.2, -0.15) is 0 Å². The highest BCUT2D eigenvalue weighted by atomic mass is 35.5. The van der Waals surface area contributed by atoms with Crippen molar-refractivity contribution in [3.63, 3.8) is 0 Å². The van der Waals surface area contributed by atoms with Crippen molar-refractivity contribution < 1.29 is 9.59 Å². The highest BCUT2D eigenvalue weighted by Crippen LogP contribution is 2.32. The molecule has 5 nitrogen and oxygen atoms in total. The normalized spacial score (nSPS) is 10.4. The number of nitrogens with one attached hydrogen (secondary N) is 2. The van der Waals surface area contributed by atoms with Crippen LogP contribution in [0.1, 0.15) is 17.3 Å². The van der Waals surface area contributed by atoms with E-state index in [9.17, 15) is 9.59 Å². The first-order valence-corrected chi connectivity index (χ1v) is 9.16. The van der Waals surface area contributed by atoms with E-state index in [-0.39, 0.29) is 11.8 Å². The third-order valence-electron chi connectivity index (χ3n) is 3.40. The Morgan fingerprint density at radius 1 is 1.04 bits per heavy atom. The third kappa shape index (κ3) is 4.40. The molecule has 2 N–H and O–H groups in total. The number of anilines is 2. The van der Waals surface area contributed by atoms with E-state index in [1.165, 1.54) is 18.3 Å². The van der Waals surface area contributed by atoms with Gasteiger partial charge >= 0.3 is 0 Å². The molecule has 0 fully saturated rings. The Labute approximate surface area is 164 Å². The number of benzene rings is 2. The number of carbonyl (C=O) groups excluding carboxylic acids is 2. The molecule has 0 aliphatic heterocycles. The number of amides is 2. The molecule has 2 amide bonds. The minimum absolute atomic E-state index is 0.168. The summed E-state index contributed by atoms with van der Waals surface area (Å²) in [5, 5.41) is 8.71. The van der Waals surface area contributed by atoms with E-state index in [1.807, 2.05) is 5.38 Å². The first kappa shape index (κ1) is 18.4. The summed E-state index contributed by atoms with van der Waals surface area (Å²) in [7, 11) is 0. The van der Waals surface area contributed by atoms with Crippen molar-refractivity contribution in [2.24, 2.45) is 0 Å². The molecule has 26 heavy (non-hydrogen) atoms. The first-order valence-electron chi connectivity index (χ1n) is 7.52. The maximum Gasteiger partial charge on any atom is 0.257 e. The Morgan fingerprint density at radius 3 is 2.42 bits per heavy atom. The smallest absolute Gasteiger partial charge is 0.257 e. The van der Waals surface area contributed by atoms with Crippen molar-refractivity contribution in [1.82, 2.24) is 4.98 Å². The van der Waals surface area contributed by atoms with Gasteiger partial charge in [0.15, 0.2) is 5.13 Å². The lowest BCUT2D eigenvalue weighted by atomic mass is 10.2. The number of hydrogen-bond donors (Lipinski definition) is 2. The topological polar surface area (TPSA) is 71.1 Å². The van der Waals surface area contributed by atoms with Crippen molar-refractivity contribution in [3.05, 3.63) is 63.5 Å². The van der Waals surface area contributed by atoms with Crippen molar-refractivity contribution in [1.29, 1.82) is 0 Å². The summed E-state index contributed by atoms with van der Waals surface area (Å²) in [6, 6.07) is 11.8. The number of hydrogen-bond acceptors (Lipinski definition) is 4. The molecule has 0 bridgehead atoms. The number of halogens is 2. The van der Waals surface area contributed by atoms with Gasteiger partial charge in [0.2, 0.25) is 5.91 Å². The average molecular weight is 406 g/mol. The molecule has 0 saturated heterocycles. The second-order valence-corrected chi connectivity index (χ2v) is 7.08. The van der Waals surface area contributed by atoms with Crippen LogP contribution in [0.4, 0.5) is 10.8 Å². The molecule has 1 aromatic heterocycles. The predicted molar refractivity (Wildman–Crippen MR) is 106 cm³/mol. The number of carbonyl (C=O) groups is 2. The molecule has 3 aromatic rings. The summed E-state index contributed by atoms with van der Waals surface area (Å²) in [4.78, 5) is 27.7. The molecular formula is C18H13Cl2N3O2S. The highest BCUT2D eigenvalue weighted by Gasteiger charge is 2.12. The lowest BCUT2D eigenvalue weighted by Crippen LogP contribution is -2.12. The maximum atomic E-state index is 12.3. The molecule has 0 aliphatic carbocycles. The van der Waals surface area contributed by atoms with Gasteiger partial charge in [-0.15, -0.1) is 11.3 Å². The van der Waals surface area contributed by atoms with Gasteiger partial charge in [-0.1, -0.05) is 23.2 Å². The van der Waals surface area contributed by atoms with Crippen LogP contribution in [0, 0.1) is 0 Å². The molecule has 0 aliphatic rings. The Bertz CT molecular complexity index is 971. The van der Waals surface area contributed by atoms with Crippen LogP contribution in [0.25, 0.3) is 11.3 Å². The van der Waals surface area contributed by atoms with Crippen molar-refractivity contribution in [3.8, 4) is 11.3 Å². The van der Waals surface area contributed by atoms with Gasteiger partial charge in [0.05, 0.1) is 10.7 Å². The van der Waals surface area contributed by atoms with Crippen molar-refractivity contribution in [2.75, 3.05) is 10.6 Å². The van der Waals surface area contributed by atoms with Gasteiger partial charge < -0.3 is 5.32 Å². The fraction of sp³-hybridized carbons (Fsp3) is 0.0556. The zero-order chi connectivity index (χ0) is 18.7. The predicted octanol–water partition coefficient (Wildman–Crippen LogP) is 5.33. The minimum atomic E-state index is -0.289. The van der Waals surface area contributed by atoms with E-state index in [0.717, 1.165) is 5.56 Å². The van der Waals surface area contributed by atoms with Gasteiger partial charge in [-0.3, -0.25) is 14.9 Å². The second kappa shape index (κ2) is 7.86. The van der Waals surface area contributed by atoms with E-state index in [2.05, 4.69) is 15.6 Å². The SMILES string of the molecule is CC(=O)Nc1ccc(C(=O)Nc2nc(-c3ccc(Cl)cc3Cl)cs2)cc1. The molecule has 0 saturated carbocycles. The quantitative estimate of drug-likeness (QED) is 0.616. The summed E-state index contributed by atoms with van der Waals surface area (Å²) in [6.07, 6.45) is 0. The van der Waals surface area contributed by atoms with Gasteiger partial charge in [0, 0.05) is 34.1 Å². The second-order valence-electron chi connectivity index (χ2n) is 5.37. The van der Waals surface area contributed by atoms with E-state index >= 15 is 0 Å². The zero-order valence-corrected chi connectivity index (χ0v) is 15.9. The maximum absolute atomic E-state index is 12.3. The van der Waals surface area contributed by atoms with Gasteiger partial charge in [0.25, 0.3) is 5.91 Å². The third-order valence-corrected chi connectivity index (χ3v) is 4.70. The fourth-order valence-corrected chi connectivity index (χ4v) is 3.44. The van der Waals surface area contributed by atoms with Crippen LogP contribution in [0.2, 0.25) is 10.0 Å².